The second-order valence-electron chi connectivity index (χ2n) is 8.32. The van der Waals surface area contributed by atoms with Crippen molar-refractivity contribution in [2.45, 2.75) is 19.1 Å². The molecule has 10 heteroatoms. The van der Waals surface area contributed by atoms with Gasteiger partial charge in [-0.1, -0.05) is 30.3 Å². The van der Waals surface area contributed by atoms with Crippen LogP contribution in [-0.2, 0) is 22.7 Å². The zero-order valence-electron chi connectivity index (χ0n) is 19.2. The van der Waals surface area contributed by atoms with Gasteiger partial charge >= 0.3 is 0 Å². The highest BCUT2D eigenvalue weighted by molar-refractivity contribution is 7.19. The van der Waals surface area contributed by atoms with E-state index in [-0.39, 0.29) is 24.5 Å². The maximum atomic E-state index is 12.7. The summed E-state index contributed by atoms with van der Waals surface area (Å²) in [6.45, 7) is 2.03. The molecule has 0 bridgehead atoms. The third-order valence-electron chi connectivity index (χ3n) is 5.60. The molecular formula is C24H28N6O3S. The SMILES string of the molecule is CN(C)CCNC(=O)C=CC(=O)N1Cc2sc3ncnc(NC(CO)c4ccccc4)c3c2C1. The van der Waals surface area contributed by atoms with Crippen LogP contribution < -0.4 is 10.6 Å². The van der Waals surface area contributed by atoms with Gasteiger partial charge in [0, 0.05) is 42.2 Å². The van der Waals surface area contributed by atoms with Gasteiger partial charge in [0.15, 0.2) is 0 Å². The Hall–Kier alpha value is -3.34. The Balaban J connectivity index is 1.47. The van der Waals surface area contributed by atoms with Crippen LogP contribution in [0.25, 0.3) is 10.2 Å². The molecular weight excluding hydrogens is 452 g/mol. The van der Waals surface area contributed by atoms with Gasteiger partial charge in [-0.05, 0) is 19.7 Å². The number of nitrogens with one attached hydrogen (secondary N) is 2. The zero-order chi connectivity index (χ0) is 24.1. The van der Waals surface area contributed by atoms with Gasteiger partial charge in [-0.2, -0.15) is 0 Å². The van der Waals surface area contributed by atoms with E-state index < -0.39 is 0 Å². The summed E-state index contributed by atoms with van der Waals surface area (Å²) >= 11 is 1.53. The molecule has 3 N–H and O–H groups in total. The van der Waals surface area contributed by atoms with E-state index in [1.54, 1.807) is 4.90 Å². The van der Waals surface area contributed by atoms with Crippen LogP contribution in [0.5, 0.6) is 0 Å². The predicted molar refractivity (Wildman–Crippen MR) is 132 cm³/mol. The lowest BCUT2D eigenvalue weighted by Gasteiger charge is -2.18. The number of fused-ring (bicyclic) bond motifs is 3. The predicted octanol–water partition coefficient (Wildman–Crippen LogP) is 1.91. The van der Waals surface area contributed by atoms with E-state index in [1.807, 2.05) is 49.3 Å². The number of likely N-dealkylation sites (N-methyl/N-ethyl adjacent to an activating group) is 1. The number of thiophene rings is 1. The highest BCUT2D eigenvalue weighted by Crippen LogP contribution is 2.40. The summed E-state index contributed by atoms with van der Waals surface area (Å²) in [6.07, 6.45) is 4.11. The molecule has 3 heterocycles. The van der Waals surface area contributed by atoms with Crippen LogP contribution in [0, 0.1) is 0 Å². The van der Waals surface area contributed by atoms with Crippen molar-refractivity contribution in [2.75, 3.05) is 39.1 Å². The van der Waals surface area contributed by atoms with Gasteiger partial charge in [-0.15, -0.1) is 11.3 Å². The highest BCUT2D eigenvalue weighted by Gasteiger charge is 2.29. The van der Waals surface area contributed by atoms with Crippen LogP contribution in [0.15, 0.2) is 48.8 Å². The van der Waals surface area contributed by atoms with Gasteiger partial charge in [0.2, 0.25) is 11.8 Å². The molecule has 4 rings (SSSR count). The molecule has 0 fully saturated rings. The van der Waals surface area contributed by atoms with Gasteiger partial charge in [-0.25, -0.2) is 9.97 Å². The summed E-state index contributed by atoms with van der Waals surface area (Å²) < 4.78 is 0. The number of anilines is 1. The number of carbonyl (C=O) groups excluding carboxylic acids is 2. The fourth-order valence-corrected chi connectivity index (χ4v) is 4.98. The first kappa shape index (κ1) is 23.8. The van der Waals surface area contributed by atoms with E-state index in [0.29, 0.717) is 25.5 Å². The summed E-state index contributed by atoms with van der Waals surface area (Å²) in [5.41, 5.74) is 1.96. The van der Waals surface area contributed by atoms with Crippen LogP contribution in [0.2, 0.25) is 0 Å². The van der Waals surface area contributed by atoms with Crippen molar-refractivity contribution in [3.8, 4) is 0 Å². The van der Waals surface area contributed by atoms with E-state index in [1.165, 1.54) is 29.8 Å². The largest absolute Gasteiger partial charge is 0.394 e. The minimum atomic E-state index is -0.317. The minimum absolute atomic E-state index is 0.0894. The number of aromatic nitrogens is 2. The quantitative estimate of drug-likeness (QED) is 0.401. The van der Waals surface area contributed by atoms with Crippen LogP contribution in [0.4, 0.5) is 5.82 Å². The summed E-state index contributed by atoms with van der Waals surface area (Å²) in [4.78, 5) is 39.1. The second-order valence-corrected chi connectivity index (χ2v) is 9.40. The lowest BCUT2D eigenvalue weighted by atomic mass is 10.1. The van der Waals surface area contributed by atoms with E-state index >= 15 is 0 Å². The number of rotatable bonds is 9. The van der Waals surface area contributed by atoms with Gasteiger partial charge < -0.3 is 25.5 Å². The first-order chi connectivity index (χ1) is 16.5. The van der Waals surface area contributed by atoms with Crippen molar-refractivity contribution in [1.82, 2.24) is 25.1 Å². The molecule has 0 radical (unpaired) electrons. The monoisotopic (exact) mass is 480 g/mol. The Morgan fingerprint density at radius 1 is 1.21 bits per heavy atom. The highest BCUT2D eigenvalue weighted by atomic mass is 32.1. The smallest absolute Gasteiger partial charge is 0.247 e. The molecule has 9 nitrogen and oxygen atoms in total. The molecule has 1 atom stereocenters. The molecule has 1 aromatic carbocycles. The van der Waals surface area contributed by atoms with Crippen molar-refractivity contribution < 1.29 is 14.7 Å². The number of aliphatic hydroxyl groups excluding tert-OH is 1. The lowest BCUT2D eigenvalue weighted by molar-refractivity contribution is -0.127. The Morgan fingerprint density at radius 3 is 2.74 bits per heavy atom. The van der Waals surface area contributed by atoms with E-state index in [9.17, 15) is 14.7 Å². The number of hydrogen-bond acceptors (Lipinski definition) is 8. The van der Waals surface area contributed by atoms with Crippen molar-refractivity contribution in [2.24, 2.45) is 0 Å². The number of nitrogens with zero attached hydrogens (tertiary/aromatic N) is 4. The normalized spacial score (nSPS) is 14.1. The Bertz CT molecular complexity index is 1190. The van der Waals surface area contributed by atoms with Gasteiger partial charge in [0.1, 0.15) is 17.0 Å². The molecule has 178 valence electrons. The number of carbonyl (C=O) groups is 2. The second kappa shape index (κ2) is 10.7. The Morgan fingerprint density at radius 2 is 2.00 bits per heavy atom. The Kier molecular flexibility index (Phi) is 7.51. The topological polar surface area (TPSA) is 111 Å². The molecule has 3 aromatic rings. The molecule has 0 saturated heterocycles. The van der Waals surface area contributed by atoms with Gasteiger partial charge in [0.25, 0.3) is 0 Å². The van der Waals surface area contributed by atoms with Crippen molar-refractivity contribution in [3.63, 3.8) is 0 Å². The van der Waals surface area contributed by atoms with Crippen molar-refractivity contribution in [1.29, 1.82) is 0 Å². The van der Waals surface area contributed by atoms with Crippen molar-refractivity contribution >= 4 is 39.2 Å². The fraction of sp³-hybridized carbons (Fsp3) is 0.333. The zero-order valence-corrected chi connectivity index (χ0v) is 20.0. The third kappa shape index (κ3) is 5.41. The van der Waals surface area contributed by atoms with E-state index in [2.05, 4.69) is 20.6 Å². The summed E-state index contributed by atoms with van der Waals surface area (Å²) in [5.74, 6) is 0.129. The van der Waals surface area contributed by atoms with Crippen molar-refractivity contribution in [3.05, 3.63) is 64.8 Å². The molecule has 0 saturated carbocycles. The molecule has 1 unspecified atom stereocenters. The molecule has 0 spiro atoms. The van der Waals surface area contributed by atoms with Gasteiger partial charge in [0.05, 0.1) is 24.6 Å². The third-order valence-corrected chi connectivity index (χ3v) is 6.72. The number of amides is 2. The molecule has 0 aliphatic carbocycles. The first-order valence-corrected chi connectivity index (χ1v) is 11.8. The first-order valence-electron chi connectivity index (χ1n) is 11.0. The average molecular weight is 481 g/mol. The number of aliphatic hydroxyl groups is 1. The Labute approximate surface area is 202 Å². The van der Waals surface area contributed by atoms with Gasteiger partial charge in [-0.3, -0.25) is 9.59 Å². The van der Waals surface area contributed by atoms with Crippen LogP contribution >= 0.6 is 11.3 Å². The van der Waals surface area contributed by atoms with E-state index in [4.69, 9.17) is 0 Å². The molecule has 1 aliphatic heterocycles. The molecule has 34 heavy (non-hydrogen) atoms. The molecule has 2 amide bonds. The fourth-order valence-electron chi connectivity index (χ4n) is 3.82. The van der Waals surface area contributed by atoms with Crippen LogP contribution in [0.1, 0.15) is 22.0 Å². The summed E-state index contributed by atoms with van der Waals surface area (Å²) in [5, 5.41) is 16.9. The van der Waals surface area contributed by atoms with Crippen LogP contribution in [-0.4, -0.2) is 70.5 Å². The van der Waals surface area contributed by atoms with E-state index in [0.717, 1.165) is 32.8 Å². The lowest BCUT2D eigenvalue weighted by Crippen LogP contribution is -2.30. The molecule has 1 aliphatic rings. The van der Waals surface area contributed by atoms with Crippen LogP contribution in [0.3, 0.4) is 0 Å². The number of hydrogen-bond donors (Lipinski definition) is 3. The summed E-state index contributed by atoms with van der Waals surface area (Å²) in [7, 11) is 3.86. The summed E-state index contributed by atoms with van der Waals surface area (Å²) in [6, 6.07) is 9.37. The maximum absolute atomic E-state index is 12.7. The average Bonchev–Trinajstić information content (AvgIpc) is 3.39. The maximum Gasteiger partial charge on any atom is 0.247 e. The standard InChI is InChI=1S/C24H28N6O3S/c1-29(2)11-10-25-20(32)8-9-21(33)30-12-17-19(13-30)34-24-22(17)23(26-15-27-24)28-18(14-31)16-6-4-3-5-7-16/h3-9,15,18,31H,10-14H2,1-2H3,(H,25,32)(H,26,27,28). The molecule has 2 aromatic heterocycles. The minimum Gasteiger partial charge on any atom is -0.394 e. The number of benzene rings is 1.